The van der Waals surface area contributed by atoms with Crippen LogP contribution in [0.3, 0.4) is 0 Å². The van der Waals surface area contributed by atoms with E-state index in [2.05, 4.69) is 15.5 Å². The van der Waals surface area contributed by atoms with Crippen LogP contribution in [0.25, 0.3) is 0 Å². The molecule has 1 amide bonds. The number of benzene rings is 1. The summed E-state index contributed by atoms with van der Waals surface area (Å²) in [6, 6.07) is 7.09. The molecule has 0 radical (unpaired) electrons. The van der Waals surface area contributed by atoms with Gasteiger partial charge in [0.15, 0.2) is 5.96 Å². The molecular formula is C23H36FN5O. The molecule has 1 aliphatic heterocycles. The van der Waals surface area contributed by atoms with Gasteiger partial charge in [0.1, 0.15) is 5.82 Å². The number of likely N-dealkylation sites (N-methyl/N-ethyl adjacent to an activating group) is 1. The zero-order valence-corrected chi connectivity index (χ0v) is 18.6. The Labute approximate surface area is 179 Å². The Balaban J connectivity index is 1.49. The number of halogens is 1. The number of carbonyl (C=O) groups is 1. The minimum atomic E-state index is -0.150. The number of carbonyl (C=O) groups excluding carboxylic acids is 1. The van der Waals surface area contributed by atoms with E-state index in [-0.39, 0.29) is 23.2 Å². The van der Waals surface area contributed by atoms with Crippen molar-refractivity contribution in [1.29, 1.82) is 0 Å². The maximum atomic E-state index is 14.2. The summed E-state index contributed by atoms with van der Waals surface area (Å²) < 4.78 is 14.2. The Morgan fingerprint density at radius 1 is 1.30 bits per heavy atom. The molecule has 2 fully saturated rings. The standard InChI is InChI=1S/C23H36FN5O/c1-4-25-22(27-17-23(12-13-23)18-9-5-6-10-19(18)24)26-14-8-16-29-15-7-11-20(29)21(30)28(2)3/h5-6,9-10,20H,4,7-8,11-17H2,1-3H3,(H2,25,26,27). The third kappa shape index (κ3) is 5.50. The van der Waals surface area contributed by atoms with Crippen molar-refractivity contribution in [2.45, 2.75) is 50.5 Å². The molecule has 2 aliphatic rings. The van der Waals surface area contributed by atoms with Gasteiger partial charge in [-0.1, -0.05) is 18.2 Å². The predicted molar refractivity (Wildman–Crippen MR) is 119 cm³/mol. The van der Waals surface area contributed by atoms with Crippen molar-refractivity contribution >= 4 is 11.9 Å². The summed E-state index contributed by atoms with van der Waals surface area (Å²) in [5.41, 5.74) is 0.637. The van der Waals surface area contributed by atoms with E-state index >= 15 is 0 Å². The second-order valence-electron chi connectivity index (χ2n) is 8.66. The molecular weight excluding hydrogens is 381 g/mol. The average molecular weight is 418 g/mol. The van der Waals surface area contributed by atoms with Gasteiger partial charge >= 0.3 is 0 Å². The molecule has 1 aliphatic carbocycles. The molecule has 0 bridgehead atoms. The topological polar surface area (TPSA) is 60.0 Å². The van der Waals surface area contributed by atoms with E-state index in [0.717, 1.165) is 69.8 Å². The van der Waals surface area contributed by atoms with Crippen molar-refractivity contribution in [3.8, 4) is 0 Å². The van der Waals surface area contributed by atoms with Crippen molar-refractivity contribution in [1.82, 2.24) is 20.4 Å². The van der Waals surface area contributed by atoms with E-state index in [1.165, 1.54) is 6.07 Å². The second kappa shape index (κ2) is 10.2. The van der Waals surface area contributed by atoms with E-state index in [4.69, 9.17) is 4.99 Å². The van der Waals surface area contributed by atoms with Crippen LogP contribution >= 0.6 is 0 Å². The number of nitrogens with one attached hydrogen (secondary N) is 2. The van der Waals surface area contributed by atoms with E-state index in [0.29, 0.717) is 6.54 Å². The molecule has 166 valence electrons. The van der Waals surface area contributed by atoms with Gasteiger partial charge in [0.25, 0.3) is 0 Å². The van der Waals surface area contributed by atoms with Gasteiger partial charge in [-0.05, 0) is 57.2 Å². The molecule has 1 saturated carbocycles. The van der Waals surface area contributed by atoms with Crippen LogP contribution in [0.1, 0.15) is 44.6 Å². The molecule has 1 aromatic carbocycles. The SMILES string of the molecule is CCNC(=NCC1(c2ccccc2F)CC1)NCCCN1CCCC1C(=O)N(C)C. The number of rotatable bonds is 9. The first kappa shape index (κ1) is 22.5. The smallest absolute Gasteiger partial charge is 0.239 e. The summed E-state index contributed by atoms with van der Waals surface area (Å²) in [6.07, 6.45) is 4.94. The fourth-order valence-electron chi connectivity index (χ4n) is 4.29. The fraction of sp³-hybridized carbons (Fsp3) is 0.652. The third-order valence-corrected chi connectivity index (χ3v) is 6.19. The molecule has 7 heteroatoms. The largest absolute Gasteiger partial charge is 0.357 e. The van der Waals surface area contributed by atoms with E-state index < -0.39 is 0 Å². The second-order valence-corrected chi connectivity index (χ2v) is 8.66. The quantitative estimate of drug-likeness (QED) is 0.368. The average Bonchev–Trinajstić information content (AvgIpc) is 3.37. The van der Waals surface area contributed by atoms with Crippen LogP contribution in [0.15, 0.2) is 29.3 Å². The first-order valence-electron chi connectivity index (χ1n) is 11.2. The van der Waals surface area contributed by atoms with Gasteiger partial charge in [-0.2, -0.15) is 0 Å². The zero-order chi connectivity index (χ0) is 21.6. The van der Waals surface area contributed by atoms with E-state index in [1.54, 1.807) is 11.0 Å². The van der Waals surface area contributed by atoms with E-state index in [9.17, 15) is 9.18 Å². The van der Waals surface area contributed by atoms with E-state index in [1.807, 2.05) is 33.2 Å². The lowest BCUT2D eigenvalue weighted by molar-refractivity contribution is -0.133. The van der Waals surface area contributed by atoms with Gasteiger partial charge in [0.2, 0.25) is 5.91 Å². The van der Waals surface area contributed by atoms with Crippen LogP contribution in [0.4, 0.5) is 4.39 Å². The lowest BCUT2D eigenvalue weighted by Crippen LogP contribution is -2.44. The number of likely N-dealkylation sites (tertiary alicyclic amines) is 1. The minimum absolute atomic E-state index is 0.0254. The number of nitrogens with zero attached hydrogens (tertiary/aromatic N) is 3. The lowest BCUT2D eigenvalue weighted by Gasteiger charge is -2.26. The summed E-state index contributed by atoms with van der Waals surface area (Å²) in [4.78, 5) is 21.1. The molecule has 6 nitrogen and oxygen atoms in total. The Kier molecular flexibility index (Phi) is 7.69. The van der Waals surface area contributed by atoms with Crippen LogP contribution in [0.2, 0.25) is 0 Å². The van der Waals surface area contributed by atoms with Crippen molar-refractivity contribution in [3.05, 3.63) is 35.6 Å². The van der Waals surface area contributed by atoms with Gasteiger partial charge in [0.05, 0.1) is 12.6 Å². The Morgan fingerprint density at radius 2 is 2.07 bits per heavy atom. The highest BCUT2D eigenvalue weighted by Crippen LogP contribution is 2.49. The summed E-state index contributed by atoms with van der Waals surface area (Å²) in [5, 5.41) is 6.69. The summed E-state index contributed by atoms with van der Waals surface area (Å²) in [7, 11) is 3.65. The Hall–Kier alpha value is -2.15. The van der Waals surface area contributed by atoms with Crippen molar-refractivity contribution in [2.24, 2.45) is 4.99 Å². The van der Waals surface area contributed by atoms with Gasteiger partial charge in [-0.25, -0.2) is 4.39 Å². The Morgan fingerprint density at radius 3 is 2.73 bits per heavy atom. The third-order valence-electron chi connectivity index (χ3n) is 6.19. The highest BCUT2D eigenvalue weighted by atomic mass is 19.1. The van der Waals surface area contributed by atoms with Gasteiger partial charge in [0, 0.05) is 39.1 Å². The summed E-state index contributed by atoms with van der Waals surface area (Å²) >= 11 is 0. The number of aliphatic imine (C=N–C) groups is 1. The molecule has 1 aromatic rings. The monoisotopic (exact) mass is 417 g/mol. The van der Waals surface area contributed by atoms with Crippen LogP contribution in [0, 0.1) is 5.82 Å². The van der Waals surface area contributed by atoms with Crippen molar-refractivity contribution in [2.75, 3.05) is 46.8 Å². The first-order valence-corrected chi connectivity index (χ1v) is 11.2. The number of hydrogen-bond acceptors (Lipinski definition) is 3. The van der Waals surface area contributed by atoms with Crippen LogP contribution in [0.5, 0.6) is 0 Å². The van der Waals surface area contributed by atoms with Crippen LogP contribution in [-0.4, -0.2) is 74.5 Å². The molecule has 1 unspecified atom stereocenters. The molecule has 1 atom stereocenters. The highest BCUT2D eigenvalue weighted by Gasteiger charge is 2.45. The van der Waals surface area contributed by atoms with Gasteiger partial charge < -0.3 is 15.5 Å². The van der Waals surface area contributed by atoms with Gasteiger partial charge in [-0.15, -0.1) is 0 Å². The maximum absolute atomic E-state index is 14.2. The van der Waals surface area contributed by atoms with Crippen LogP contribution in [-0.2, 0) is 10.2 Å². The highest BCUT2D eigenvalue weighted by molar-refractivity contribution is 5.81. The first-order chi connectivity index (χ1) is 14.5. The molecule has 1 saturated heterocycles. The molecule has 3 rings (SSSR count). The number of guanidine groups is 1. The van der Waals surface area contributed by atoms with Crippen LogP contribution < -0.4 is 10.6 Å². The summed E-state index contributed by atoms with van der Waals surface area (Å²) in [6.45, 7) is 6.10. The minimum Gasteiger partial charge on any atom is -0.357 e. The normalized spacial score (nSPS) is 20.8. The number of hydrogen-bond donors (Lipinski definition) is 2. The zero-order valence-electron chi connectivity index (χ0n) is 18.6. The Bertz CT molecular complexity index is 747. The molecule has 0 aromatic heterocycles. The number of amides is 1. The molecule has 1 heterocycles. The summed E-state index contributed by atoms with van der Waals surface area (Å²) in [5.74, 6) is 0.858. The van der Waals surface area contributed by atoms with Crippen molar-refractivity contribution < 1.29 is 9.18 Å². The van der Waals surface area contributed by atoms with Crippen molar-refractivity contribution in [3.63, 3.8) is 0 Å². The molecule has 0 spiro atoms. The van der Waals surface area contributed by atoms with Gasteiger partial charge in [-0.3, -0.25) is 14.7 Å². The molecule has 30 heavy (non-hydrogen) atoms. The lowest BCUT2D eigenvalue weighted by atomic mass is 9.95. The maximum Gasteiger partial charge on any atom is 0.239 e. The fourth-order valence-corrected chi connectivity index (χ4v) is 4.29. The molecule has 2 N–H and O–H groups in total. The predicted octanol–water partition coefficient (Wildman–Crippen LogP) is 2.36.